The number of likely N-dealkylation sites (tertiary alicyclic amines) is 1. The van der Waals surface area contributed by atoms with Crippen LogP contribution in [0.15, 0.2) is 48.0 Å². The minimum Gasteiger partial charge on any atom is -0.507 e. The number of carbonyl (C=O) groups is 2. The highest BCUT2D eigenvalue weighted by Gasteiger charge is 2.46. The molecule has 35 heavy (non-hydrogen) atoms. The standard InChI is InChI=1S/C28H35NO6/c1-17(2)22-16-20(11-12-23(22)34-6)26(30)24-25(19-9-7-10-21(15-19)35-18(3)4)29(13-8-14-33-5)28(32)27(24)31/h7,9-12,15-18,25,30H,8,13-14H2,1-6H3/b26-24+. The van der Waals surface area contributed by atoms with Crippen molar-refractivity contribution in [3.8, 4) is 11.5 Å². The number of carbonyl (C=O) groups excluding carboxylic acids is 2. The zero-order chi connectivity index (χ0) is 25.7. The molecular formula is C28H35NO6. The Morgan fingerprint density at radius 1 is 1.06 bits per heavy atom. The van der Waals surface area contributed by atoms with E-state index in [0.29, 0.717) is 42.2 Å². The van der Waals surface area contributed by atoms with Crippen molar-refractivity contribution < 1.29 is 28.9 Å². The lowest BCUT2D eigenvalue weighted by Gasteiger charge is -2.26. The smallest absolute Gasteiger partial charge is 0.295 e. The van der Waals surface area contributed by atoms with Crippen molar-refractivity contribution in [2.75, 3.05) is 27.4 Å². The first-order valence-electron chi connectivity index (χ1n) is 11.9. The number of hydrogen-bond donors (Lipinski definition) is 1. The van der Waals surface area contributed by atoms with E-state index in [1.807, 2.05) is 58.0 Å². The lowest BCUT2D eigenvalue weighted by atomic mass is 9.93. The van der Waals surface area contributed by atoms with Gasteiger partial charge >= 0.3 is 0 Å². The Bertz CT molecular complexity index is 1100. The molecule has 1 amide bonds. The molecule has 0 aromatic heterocycles. The molecule has 188 valence electrons. The van der Waals surface area contributed by atoms with Crippen molar-refractivity contribution in [3.63, 3.8) is 0 Å². The second-order valence-electron chi connectivity index (χ2n) is 9.19. The van der Waals surface area contributed by atoms with E-state index in [2.05, 4.69) is 0 Å². The fourth-order valence-electron chi connectivity index (χ4n) is 4.35. The molecule has 0 aliphatic carbocycles. The van der Waals surface area contributed by atoms with E-state index in [0.717, 1.165) is 5.56 Å². The summed E-state index contributed by atoms with van der Waals surface area (Å²) in [5.74, 6) is -0.0854. The molecule has 1 saturated heterocycles. The number of aliphatic hydroxyl groups is 1. The lowest BCUT2D eigenvalue weighted by Crippen LogP contribution is -2.31. The molecular weight excluding hydrogens is 446 g/mol. The van der Waals surface area contributed by atoms with Gasteiger partial charge in [0.2, 0.25) is 0 Å². The Hall–Kier alpha value is -3.32. The summed E-state index contributed by atoms with van der Waals surface area (Å²) in [5.41, 5.74) is 2.12. The minimum absolute atomic E-state index is 0.0351. The number of rotatable bonds is 10. The lowest BCUT2D eigenvalue weighted by molar-refractivity contribution is -0.140. The highest BCUT2D eigenvalue weighted by Crippen LogP contribution is 2.41. The Morgan fingerprint density at radius 2 is 1.80 bits per heavy atom. The zero-order valence-electron chi connectivity index (χ0n) is 21.3. The predicted molar refractivity (Wildman–Crippen MR) is 135 cm³/mol. The van der Waals surface area contributed by atoms with Gasteiger partial charge in [-0.05, 0) is 67.6 Å². The van der Waals surface area contributed by atoms with Crippen LogP contribution in [0.4, 0.5) is 0 Å². The quantitative estimate of drug-likeness (QED) is 0.221. The van der Waals surface area contributed by atoms with Crippen molar-refractivity contribution in [3.05, 3.63) is 64.7 Å². The maximum absolute atomic E-state index is 13.3. The van der Waals surface area contributed by atoms with E-state index < -0.39 is 17.7 Å². The van der Waals surface area contributed by atoms with Gasteiger partial charge in [0.05, 0.1) is 24.8 Å². The number of nitrogens with zero attached hydrogens (tertiary/aromatic N) is 1. The van der Waals surface area contributed by atoms with Crippen LogP contribution in [0.3, 0.4) is 0 Å². The molecule has 1 heterocycles. The van der Waals surface area contributed by atoms with Crippen molar-refractivity contribution in [1.29, 1.82) is 0 Å². The van der Waals surface area contributed by atoms with E-state index in [1.165, 1.54) is 4.90 Å². The third kappa shape index (κ3) is 5.68. The molecule has 3 rings (SSSR count). The van der Waals surface area contributed by atoms with Crippen LogP contribution in [0, 0.1) is 0 Å². The first-order valence-corrected chi connectivity index (χ1v) is 11.9. The summed E-state index contributed by atoms with van der Waals surface area (Å²) < 4.78 is 16.5. The summed E-state index contributed by atoms with van der Waals surface area (Å²) in [5, 5.41) is 11.4. The summed E-state index contributed by atoms with van der Waals surface area (Å²) in [7, 11) is 3.19. The number of Topliss-reactive ketones (excluding diaryl/α,β-unsaturated/α-hetero) is 1. The number of hydrogen-bond acceptors (Lipinski definition) is 6. The van der Waals surface area contributed by atoms with Crippen LogP contribution in [0.1, 0.15) is 62.8 Å². The van der Waals surface area contributed by atoms with E-state index in [4.69, 9.17) is 14.2 Å². The van der Waals surface area contributed by atoms with Crippen LogP contribution in [-0.2, 0) is 14.3 Å². The van der Waals surface area contributed by atoms with Crippen LogP contribution in [0.25, 0.3) is 5.76 Å². The predicted octanol–water partition coefficient (Wildman–Crippen LogP) is 5.06. The van der Waals surface area contributed by atoms with Crippen LogP contribution < -0.4 is 9.47 Å². The van der Waals surface area contributed by atoms with Crippen molar-refractivity contribution >= 4 is 17.4 Å². The normalized spacial score (nSPS) is 17.5. The van der Waals surface area contributed by atoms with E-state index in [1.54, 1.807) is 26.4 Å². The third-order valence-corrected chi connectivity index (χ3v) is 5.96. The topological polar surface area (TPSA) is 85.3 Å². The molecule has 1 aliphatic rings. The highest BCUT2D eigenvalue weighted by atomic mass is 16.5. The fraction of sp³-hybridized carbons (Fsp3) is 0.429. The summed E-state index contributed by atoms with van der Waals surface area (Å²) in [4.78, 5) is 27.9. The Kier molecular flexibility index (Phi) is 8.57. The Balaban J connectivity index is 2.17. The van der Waals surface area contributed by atoms with Crippen molar-refractivity contribution in [2.45, 2.75) is 52.2 Å². The minimum atomic E-state index is -0.743. The molecule has 1 fully saturated rings. The maximum Gasteiger partial charge on any atom is 0.295 e. The molecule has 2 aromatic rings. The van der Waals surface area contributed by atoms with Gasteiger partial charge in [0.1, 0.15) is 17.3 Å². The van der Waals surface area contributed by atoms with E-state index in [9.17, 15) is 14.7 Å². The molecule has 1 aliphatic heterocycles. The van der Waals surface area contributed by atoms with Gasteiger partial charge in [-0.3, -0.25) is 9.59 Å². The van der Waals surface area contributed by atoms with Crippen LogP contribution >= 0.6 is 0 Å². The van der Waals surface area contributed by atoms with Gasteiger partial charge in [0.25, 0.3) is 11.7 Å². The number of methoxy groups -OCH3 is 2. The number of ketones is 1. The first-order chi connectivity index (χ1) is 16.7. The average Bonchev–Trinajstić information content (AvgIpc) is 3.08. The largest absolute Gasteiger partial charge is 0.507 e. The summed E-state index contributed by atoms with van der Waals surface area (Å²) >= 11 is 0. The number of ether oxygens (including phenoxy) is 3. The molecule has 0 saturated carbocycles. The fourth-order valence-corrected chi connectivity index (χ4v) is 4.35. The van der Waals surface area contributed by atoms with Gasteiger partial charge in [0, 0.05) is 25.8 Å². The van der Waals surface area contributed by atoms with Gasteiger partial charge in [-0.1, -0.05) is 26.0 Å². The summed E-state index contributed by atoms with van der Waals surface area (Å²) in [6, 6.07) is 11.9. The third-order valence-electron chi connectivity index (χ3n) is 5.96. The molecule has 1 N–H and O–H groups in total. The molecule has 1 atom stereocenters. The van der Waals surface area contributed by atoms with E-state index in [-0.39, 0.29) is 23.4 Å². The Labute approximate surface area is 207 Å². The second kappa shape index (κ2) is 11.4. The van der Waals surface area contributed by atoms with Crippen molar-refractivity contribution in [2.24, 2.45) is 0 Å². The van der Waals surface area contributed by atoms with Crippen molar-refractivity contribution in [1.82, 2.24) is 4.90 Å². The number of benzene rings is 2. The van der Waals surface area contributed by atoms with E-state index >= 15 is 0 Å². The second-order valence-corrected chi connectivity index (χ2v) is 9.19. The van der Waals surface area contributed by atoms with Crippen LogP contribution in [-0.4, -0.2) is 55.2 Å². The number of amides is 1. The molecule has 0 bridgehead atoms. The molecule has 2 aromatic carbocycles. The van der Waals surface area contributed by atoms with Gasteiger partial charge in [0.15, 0.2) is 0 Å². The SMILES string of the molecule is COCCCN1C(=O)C(=O)/C(=C(/O)c2ccc(OC)c(C(C)C)c2)C1c1cccc(OC(C)C)c1. The van der Waals surface area contributed by atoms with Gasteiger partial charge < -0.3 is 24.2 Å². The molecule has 7 heteroatoms. The molecule has 0 spiro atoms. The van der Waals surface area contributed by atoms with Crippen LogP contribution in [0.5, 0.6) is 11.5 Å². The van der Waals surface area contributed by atoms with Crippen LogP contribution in [0.2, 0.25) is 0 Å². The monoisotopic (exact) mass is 481 g/mol. The zero-order valence-corrected chi connectivity index (χ0v) is 21.3. The maximum atomic E-state index is 13.3. The summed E-state index contributed by atoms with van der Waals surface area (Å²) in [6.07, 6.45) is 0.523. The first kappa shape index (κ1) is 26.3. The average molecular weight is 482 g/mol. The molecule has 7 nitrogen and oxygen atoms in total. The summed E-state index contributed by atoms with van der Waals surface area (Å²) in [6.45, 7) is 8.67. The highest BCUT2D eigenvalue weighted by molar-refractivity contribution is 6.46. The van der Waals surface area contributed by atoms with Gasteiger partial charge in [-0.2, -0.15) is 0 Å². The molecule has 0 radical (unpaired) electrons. The molecule has 1 unspecified atom stereocenters. The van der Waals surface area contributed by atoms with Gasteiger partial charge in [-0.15, -0.1) is 0 Å². The number of aliphatic hydroxyl groups excluding tert-OH is 1. The Morgan fingerprint density at radius 3 is 2.43 bits per heavy atom. The van der Waals surface area contributed by atoms with Gasteiger partial charge in [-0.25, -0.2) is 0 Å².